The highest BCUT2D eigenvalue weighted by molar-refractivity contribution is 6.23. The van der Waals surface area contributed by atoms with Crippen LogP contribution in [0.25, 0.3) is 55.2 Å². The topological polar surface area (TPSA) is 16.1 Å². The molecule has 0 N–H and O–H groups in total. The number of anilines is 2. The van der Waals surface area contributed by atoms with Crippen molar-refractivity contribution in [1.82, 2.24) is 4.98 Å². The maximum atomic E-state index is 5.15. The number of rotatable bonds is 3. The average Bonchev–Trinajstić information content (AvgIpc) is 3.39. The molecule has 0 fully saturated rings. The fraction of sp³-hybridized carbons (Fsp3) is 0.0250. The lowest BCUT2D eigenvalue weighted by molar-refractivity contribution is 1.18. The molecule has 2 heterocycles. The molecule has 196 valence electrons. The van der Waals surface area contributed by atoms with E-state index >= 15 is 0 Å². The first-order valence-corrected chi connectivity index (χ1v) is 14.5. The number of pyridine rings is 1. The molecule has 1 aromatic heterocycles. The van der Waals surface area contributed by atoms with Crippen molar-refractivity contribution in [3.8, 4) is 22.3 Å². The van der Waals surface area contributed by atoms with Gasteiger partial charge < -0.3 is 4.90 Å². The number of aromatic nitrogens is 1. The van der Waals surface area contributed by atoms with E-state index in [1.165, 1.54) is 61.1 Å². The van der Waals surface area contributed by atoms with Crippen molar-refractivity contribution in [2.45, 2.75) is 6.42 Å². The van der Waals surface area contributed by atoms with E-state index in [0.29, 0.717) is 0 Å². The molecule has 2 aliphatic rings. The Balaban J connectivity index is 1.30. The highest BCUT2D eigenvalue weighted by Gasteiger charge is 2.36. The van der Waals surface area contributed by atoms with Gasteiger partial charge in [-0.2, -0.15) is 0 Å². The van der Waals surface area contributed by atoms with Crippen LogP contribution in [0.4, 0.5) is 11.4 Å². The first-order valence-electron chi connectivity index (χ1n) is 14.5. The van der Waals surface area contributed by atoms with Gasteiger partial charge in [0.25, 0.3) is 0 Å². The highest BCUT2D eigenvalue weighted by atomic mass is 15.2. The zero-order valence-corrected chi connectivity index (χ0v) is 23.0. The number of benzene rings is 6. The fourth-order valence-corrected chi connectivity index (χ4v) is 7.00. The van der Waals surface area contributed by atoms with E-state index in [2.05, 4.69) is 144 Å². The van der Waals surface area contributed by atoms with Crippen LogP contribution < -0.4 is 4.90 Å². The third-order valence-electron chi connectivity index (χ3n) is 8.84. The number of nitrogens with zero attached hydrogens (tertiary/aromatic N) is 2. The molecule has 0 saturated heterocycles. The zero-order valence-electron chi connectivity index (χ0n) is 23.0. The summed E-state index contributed by atoms with van der Waals surface area (Å²) in [5.74, 6) is 0. The Morgan fingerprint density at radius 1 is 0.548 bits per heavy atom. The molecule has 1 aliphatic heterocycles. The van der Waals surface area contributed by atoms with E-state index in [4.69, 9.17) is 4.98 Å². The molecule has 0 radical (unpaired) electrons. The monoisotopic (exact) mass is 534 g/mol. The minimum atomic E-state index is 0.876. The van der Waals surface area contributed by atoms with Gasteiger partial charge in [0, 0.05) is 34.8 Å². The summed E-state index contributed by atoms with van der Waals surface area (Å²) in [4.78, 5) is 7.62. The van der Waals surface area contributed by atoms with E-state index in [9.17, 15) is 0 Å². The Morgan fingerprint density at radius 3 is 2.05 bits per heavy atom. The van der Waals surface area contributed by atoms with Gasteiger partial charge in [-0.3, -0.25) is 4.98 Å². The van der Waals surface area contributed by atoms with Crippen LogP contribution in [0.2, 0.25) is 0 Å². The summed E-state index contributed by atoms with van der Waals surface area (Å²) in [6.45, 7) is 0. The molecule has 2 nitrogen and oxygen atoms in total. The molecular formula is C40H26N2. The van der Waals surface area contributed by atoms with E-state index in [-0.39, 0.29) is 0 Å². The molecule has 2 heteroatoms. The van der Waals surface area contributed by atoms with Crippen molar-refractivity contribution in [1.29, 1.82) is 0 Å². The molecule has 0 amide bonds. The largest absolute Gasteiger partial charge is 0.307 e. The molecule has 1 aliphatic carbocycles. The van der Waals surface area contributed by atoms with Crippen molar-refractivity contribution in [2.24, 2.45) is 0 Å². The minimum Gasteiger partial charge on any atom is -0.307 e. The second-order valence-corrected chi connectivity index (χ2v) is 11.2. The summed E-state index contributed by atoms with van der Waals surface area (Å²) in [7, 11) is 0. The van der Waals surface area contributed by atoms with Crippen LogP contribution in [0.1, 0.15) is 16.7 Å². The maximum absolute atomic E-state index is 5.15. The molecule has 0 unspecified atom stereocenters. The maximum Gasteiger partial charge on any atom is 0.0945 e. The van der Waals surface area contributed by atoms with Crippen LogP contribution in [0.15, 0.2) is 146 Å². The highest BCUT2D eigenvalue weighted by Crippen LogP contribution is 2.54. The summed E-state index contributed by atoms with van der Waals surface area (Å²) < 4.78 is 0. The second kappa shape index (κ2) is 9.02. The standard InChI is InChI=1S/C40H26N2/c1-4-11-26(12-5-1)30-23-28-19-20-29-24-36-34-18-10-17-33-32(27-13-6-2-7-14-27)21-22-35(37(33)34)40(36)42(31-15-8-3-9-16-31)39(29)38(28)41-25-30/h1-23,25H,24H2. The van der Waals surface area contributed by atoms with Gasteiger partial charge in [0.2, 0.25) is 0 Å². The Bertz CT molecular complexity index is 2200. The van der Waals surface area contributed by atoms with E-state index in [1.807, 2.05) is 6.20 Å². The third kappa shape index (κ3) is 3.36. The second-order valence-electron chi connectivity index (χ2n) is 11.2. The van der Waals surface area contributed by atoms with Crippen LogP contribution in [0.3, 0.4) is 0 Å². The minimum absolute atomic E-state index is 0.876. The van der Waals surface area contributed by atoms with Crippen molar-refractivity contribution in [2.75, 3.05) is 4.90 Å². The lowest BCUT2D eigenvalue weighted by Gasteiger charge is -2.34. The molecule has 6 aromatic carbocycles. The summed E-state index contributed by atoms with van der Waals surface area (Å²) >= 11 is 0. The Hall–Kier alpha value is -5.47. The van der Waals surface area contributed by atoms with Crippen LogP contribution >= 0.6 is 0 Å². The predicted molar refractivity (Wildman–Crippen MR) is 176 cm³/mol. The third-order valence-corrected chi connectivity index (χ3v) is 8.84. The molecule has 0 spiro atoms. The average molecular weight is 535 g/mol. The van der Waals surface area contributed by atoms with Gasteiger partial charge in [0.1, 0.15) is 0 Å². The van der Waals surface area contributed by atoms with Crippen LogP contribution in [-0.2, 0) is 6.42 Å². The quantitative estimate of drug-likeness (QED) is 0.224. The van der Waals surface area contributed by atoms with E-state index in [1.54, 1.807) is 0 Å². The van der Waals surface area contributed by atoms with Crippen molar-refractivity contribution < 1.29 is 0 Å². The van der Waals surface area contributed by atoms with Crippen molar-refractivity contribution in [3.05, 3.63) is 162 Å². The summed E-state index contributed by atoms with van der Waals surface area (Å²) in [6.07, 6.45) is 2.90. The summed E-state index contributed by atoms with van der Waals surface area (Å²) in [5.41, 5.74) is 14.8. The molecular weight excluding hydrogens is 508 g/mol. The first kappa shape index (κ1) is 23.3. The normalized spacial score (nSPS) is 13.5. The molecule has 42 heavy (non-hydrogen) atoms. The van der Waals surface area contributed by atoms with Crippen LogP contribution in [-0.4, -0.2) is 4.98 Å². The number of para-hydroxylation sites is 1. The van der Waals surface area contributed by atoms with Gasteiger partial charge in [-0.15, -0.1) is 0 Å². The van der Waals surface area contributed by atoms with Crippen molar-refractivity contribution in [3.63, 3.8) is 0 Å². The van der Waals surface area contributed by atoms with Crippen LogP contribution in [0, 0.1) is 0 Å². The Labute approximate surface area is 244 Å². The fourth-order valence-electron chi connectivity index (χ4n) is 7.00. The molecule has 0 saturated carbocycles. The number of hydrogen-bond acceptors (Lipinski definition) is 2. The smallest absolute Gasteiger partial charge is 0.0945 e. The molecule has 0 bridgehead atoms. The van der Waals surface area contributed by atoms with Gasteiger partial charge >= 0.3 is 0 Å². The number of allylic oxidation sites excluding steroid dienone is 1. The predicted octanol–water partition coefficient (Wildman–Crippen LogP) is 10.3. The lowest BCUT2D eigenvalue weighted by atomic mass is 9.91. The lowest BCUT2D eigenvalue weighted by Crippen LogP contribution is -2.21. The number of hydrogen-bond donors (Lipinski definition) is 0. The molecule has 7 aromatic rings. The Morgan fingerprint density at radius 2 is 1.26 bits per heavy atom. The van der Waals surface area contributed by atoms with Gasteiger partial charge in [-0.05, 0) is 62.4 Å². The summed E-state index contributed by atoms with van der Waals surface area (Å²) in [5, 5.41) is 3.81. The van der Waals surface area contributed by atoms with E-state index in [0.717, 1.165) is 28.6 Å². The van der Waals surface area contributed by atoms with E-state index < -0.39 is 0 Å². The van der Waals surface area contributed by atoms with Gasteiger partial charge in [0.15, 0.2) is 0 Å². The Kier molecular flexibility index (Phi) is 4.99. The van der Waals surface area contributed by atoms with Crippen molar-refractivity contribution >= 4 is 44.3 Å². The first-order chi connectivity index (χ1) is 20.8. The molecule has 0 atom stereocenters. The van der Waals surface area contributed by atoms with Gasteiger partial charge in [-0.1, -0.05) is 121 Å². The summed E-state index contributed by atoms with van der Waals surface area (Å²) in [6, 6.07) is 50.3. The van der Waals surface area contributed by atoms with Gasteiger partial charge in [-0.25, -0.2) is 0 Å². The van der Waals surface area contributed by atoms with Crippen LogP contribution in [0.5, 0.6) is 0 Å². The number of fused-ring (bicyclic) bond motifs is 5. The SMILES string of the molecule is c1ccc(-c2cnc3c4c(ccc3c2)CC2=C(c3ccc(-c5ccccc5)c5cccc2c35)N4c2ccccc2)cc1. The van der Waals surface area contributed by atoms with Gasteiger partial charge in [0.05, 0.1) is 16.9 Å². The molecule has 9 rings (SSSR count). The zero-order chi connectivity index (χ0) is 27.6.